The number of hydrogen-bond acceptors (Lipinski definition) is 2. The fraction of sp³-hybridized carbons (Fsp3) is 0.650. The van der Waals surface area contributed by atoms with Crippen molar-refractivity contribution in [1.29, 1.82) is 0 Å². The van der Waals surface area contributed by atoms with Crippen LogP contribution in [0.3, 0.4) is 0 Å². The highest BCUT2D eigenvalue weighted by Crippen LogP contribution is 2.37. The molecule has 22 heavy (non-hydrogen) atoms. The van der Waals surface area contributed by atoms with Crippen LogP contribution < -0.4 is 0 Å². The molecule has 2 aliphatic rings. The molecular formula is C20H30O2. The Labute approximate surface area is 135 Å². The van der Waals surface area contributed by atoms with Crippen molar-refractivity contribution in [2.45, 2.75) is 66.2 Å². The molecule has 2 heteroatoms. The normalized spacial score (nSPS) is 26.1. The molecule has 0 unspecified atom stereocenters. The van der Waals surface area contributed by atoms with Crippen molar-refractivity contribution < 1.29 is 9.53 Å². The standard InChI is InChI=1S/C20H30O2/c1-14(2)7-5-9-16(4)18-12-11-15(3)8-6-10-17-13-22-20(21)19(17)18/h7-8,16,18H,5-6,9-13H2,1-4H3/b15-8+/t16-,18+/m1/s1. The number of cyclic esters (lactones) is 1. The lowest BCUT2D eigenvalue weighted by atomic mass is 9.79. The minimum absolute atomic E-state index is 0.0476. The number of esters is 1. The molecule has 0 saturated heterocycles. The van der Waals surface area contributed by atoms with Gasteiger partial charge in [0.25, 0.3) is 0 Å². The van der Waals surface area contributed by atoms with Crippen LogP contribution in [0.25, 0.3) is 0 Å². The summed E-state index contributed by atoms with van der Waals surface area (Å²) < 4.78 is 5.36. The number of carbonyl (C=O) groups is 1. The third kappa shape index (κ3) is 4.34. The Morgan fingerprint density at radius 1 is 1.41 bits per heavy atom. The van der Waals surface area contributed by atoms with Gasteiger partial charge in [-0.1, -0.05) is 30.2 Å². The molecule has 1 heterocycles. The van der Waals surface area contributed by atoms with Gasteiger partial charge in [0.1, 0.15) is 6.61 Å². The Morgan fingerprint density at radius 2 is 2.18 bits per heavy atom. The number of rotatable bonds is 4. The molecule has 1 aliphatic carbocycles. The van der Waals surface area contributed by atoms with E-state index in [4.69, 9.17) is 4.74 Å². The van der Waals surface area contributed by atoms with E-state index in [-0.39, 0.29) is 5.97 Å². The third-order valence-corrected chi connectivity index (χ3v) is 5.00. The van der Waals surface area contributed by atoms with Gasteiger partial charge in [-0.05, 0) is 76.7 Å². The van der Waals surface area contributed by atoms with Crippen LogP contribution in [0.4, 0.5) is 0 Å². The molecule has 0 radical (unpaired) electrons. The van der Waals surface area contributed by atoms with Crippen molar-refractivity contribution in [2.75, 3.05) is 6.61 Å². The lowest BCUT2D eigenvalue weighted by Crippen LogP contribution is -2.19. The van der Waals surface area contributed by atoms with E-state index in [0.29, 0.717) is 18.4 Å². The Hall–Kier alpha value is -1.31. The first kappa shape index (κ1) is 17.1. The van der Waals surface area contributed by atoms with E-state index in [2.05, 4.69) is 39.8 Å². The zero-order valence-corrected chi connectivity index (χ0v) is 14.6. The molecule has 0 N–H and O–H groups in total. The van der Waals surface area contributed by atoms with Gasteiger partial charge in [0.15, 0.2) is 0 Å². The summed E-state index contributed by atoms with van der Waals surface area (Å²) in [5, 5.41) is 0. The van der Waals surface area contributed by atoms with Crippen molar-refractivity contribution in [3.05, 3.63) is 34.4 Å². The quantitative estimate of drug-likeness (QED) is 0.516. The van der Waals surface area contributed by atoms with Crippen LogP contribution in [0, 0.1) is 11.8 Å². The van der Waals surface area contributed by atoms with Crippen LogP contribution in [0.1, 0.15) is 66.2 Å². The highest BCUT2D eigenvalue weighted by Gasteiger charge is 2.34. The second-order valence-corrected chi connectivity index (χ2v) is 7.16. The summed E-state index contributed by atoms with van der Waals surface area (Å²) in [6, 6.07) is 0. The second-order valence-electron chi connectivity index (χ2n) is 7.16. The van der Waals surface area contributed by atoms with Crippen LogP contribution in [-0.4, -0.2) is 12.6 Å². The van der Waals surface area contributed by atoms with Crippen molar-refractivity contribution >= 4 is 5.97 Å². The van der Waals surface area contributed by atoms with E-state index in [1.807, 2.05) is 0 Å². The first-order chi connectivity index (χ1) is 10.5. The van der Waals surface area contributed by atoms with Gasteiger partial charge in [-0.2, -0.15) is 0 Å². The average Bonchev–Trinajstić information content (AvgIpc) is 2.83. The molecular weight excluding hydrogens is 272 g/mol. The van der Waals surface area contributed by atoms with E-state index < -0.39 is 0 Å². The zero-order chi connectivity index (χ0) is 16.1. The summed E-state index contributed by atoms with van der Waals surface area (Å²) in [6.07, 6.45) is 11.1. The van der Waals surface area contributed by atoms with Gasteiger partial charge in [0.2, 0.25) is 0 Å². The highest BCUT2D eigenvalue weighted by molar-refractivity contribution is 5.92. The van der Waals surface area contributed by atoms with Crippen LogP contribution in [0.5, 0.6) is 0 Å². The molecule has 0 fully saturated rings. The van der Waals surface area contributed by atoms with Gasteiger partial charge in [-0.25, -0.2) is 4.79 Å². The number of hydrogen-bond donors (Lipinski definition) is 0. The summed E-state index contributed by atoms with van der Waals surface area (Å²) in [4.78, 5) is 12.3. The van der Waals surface area contributed by atoms with Crippen LogP contribution in [-0.2, 0) is 9.53 Å². The number of carbonyl (C=O) groups excluding carboxylic acids is 1. The Morgan fingerprint density at radius 3 is 2.91 bits per heavy atom. The van der Waals surface area contributed by atoms with Crippen LogP contribution in [0.2, 0.25) is 0 Å². The van der Waals surface area contributed by atoms with Gasteiger partial charge >= 0.3 is 5.97 Å². The van der Waals surface area contributed by atoms with Gasteiger partial charge in [-0.3, -0.25) is 0 Å². The monoisotopic (exact) mass is 302 g/mol. The maximum atomic E-state index is 12.3. The minimum Gasteiger partial charge on any atom is -0.458 e. The molecule has 122 valence electrons. The van der Waals surface area contributed by atoms with Gasteiger partial charge in [0, 0.05) is 5.57 Å². The molecule has 2 rings (SSSR count). The first-order valence-corrected chi connectivity index (χ1v) is 8.67. The van der Waals surface area contributed by atoms with E-state index in [0.717, 1.165) is 44.1 Å². The molecule has 2 atom stereocenters. The van der Waals surface area contributed by atoms with Crippen molar-refractivity contribution in [3.63, 3.8) is 0 Å². The summed E-state index contributed by atoms with van der Waals surface area (Å²) in [7, 11) is 0. The molecule has 0 aromatic carbocycles. The third-order valence-electron chi connectivity index (χ3n) is 5.00. The largest absolute Gasteiger partial charge is 0.458 e. The molecule has 1 aliphatic heterocycles. The molecule has 2 nitrogen and oxygen atoms in total. The Balaban J connectivity index is 2.17. The minimum atomic E-state index is -0.0476. The van der Waals surface area contributed by atoms with Crippen molar-refractivity contribution in [3.8, 4) is 0 Å². The smallest absolute Gasteiger partial charge is 0.334 e. The van der Waals surface area contributed by atoms with E-state index >= 15 is 0 Å². The fourth-order valence-electron chi connectivity index (χ4n) is 3.60. The number of allylic oxidation sites excluding steroid dienone is 4. The Kier molecular flexibility index (Phi) is 6.05. The molecule has 0 aromatic rings. The SMILES string of the molecule is CC(C)=CCC[C@@H](C)[C@@H]1CC/C(C)=C/CCC2=C1C(=O)OC2. The topological polar surface area (TPSA) is 26.3 Å². The predicted octanol–water partition coefficient (Wildman–Crippen LogP) is 5.36. The van der Waals surface area contributed by atoms with Gasteiger partial charge in [-0.15, -0.1) is 0 Å². The summed E-state index contributed by atoms with van der Waals surface area (Å²) in [5.41, 5.74) is 5.12. The van der Waals surface area contributed by atoms with Crippen molar-refractivity contribution in [2.24, 2.45) is 11.8 Å². The van der Waals surface area contributed by atoms with E-state index in [9.17, 15) is 4.79 Å². The van der Waals surface area contributed by atoms with Crippen LogP contribution in [0.15, 0.2) is 34.4 Å². The number of ether oxygens (including phenoxy) is 1. The predicted molar refractivity (Wildman–Crippen MR) is 91.5 cm³/mol. The molecule has 0 spiro atoms. The van der Waals surface area contributed by atoms with Crippen molar-refractivity contribution in [1.82, 2.24) is 0 Å². The maximum absolute atomic E-state index is 12.3. The highest BCUT2D eigenvalue weighted by atomic mass is 16.5. The lowest BCUT2D eigenvalue weighted by Gasteiger charge is -2.24. The molecule has 0 saturated carbocycles. The fourth-order valence-corrected chi connectivity index (χ4v) is 3.60. The van der Waals surface area contributed by atoms with Gasteiger partial charge < -0.3 is 4.74 Å². The van der Waals surface area contributed by atoms with Crippen LogP contribution >= 0.6 is 0 Å². The summed E-state index contributed by atoms with van der Waals surface area (Å²) >= 11 is 0. The average molecular weight is 302 g/mol. The molecule has 0 amide bonds. The van der Waals surface area contributed by atoms with E-state index in [1.165, 1.54) is 16.7 Å². The lowest BCUT2D eigenvalue weighted by molar-refractivity contribution is -0.136. The van der Waals surface area contributed by atoms with E-state index in [1.54, 1.807) is 0 Å². The van der Waals surface area contributed by atoms with Gasteiger partial charge in [0.05, 0.1) is 0 Å². The summed E-state index contributed by atoms with van der Waals surface area (Å²) in [6.45, 7) is 9.34. The summed E-state index contributed by atoms with van der Waals surface area (Å²) in [5.74, 6) is 0.836. The second kappa shape index (κ2) is 7.80. The first-order valence-electron chi connectivity index (χ1n) is 8.67. The zero-order valence-electron chi connectivity index (χ0n) is 14.6. The maximum Gasteiger partial charge on any atom is 0.334 e. The molecule has 0 bridgehead atoms. The Bertz CT molecular complexity index is 504. The molecule has 0 aromatic heterocycles.